The molecule has 1 saturated heterocycles. The van der Waals surface area contributed by atoms with Gasteiger partial charge < -0.3 is 40.3 Å². The molecule has 7 unspecified atom stereocenters. The van der Waals surface area contributed by atoms with Crippen LogP contribution in [0.1, 0.15) is 361 Å². The second kappa shape index (κ2) is 59.8. The van der Waals surface area contributed by atoms with Crippen molar-refractivity contribution in [2.75, 3.05) is 13.2 Å². The van der Waals surface area contributed by atoms with Gasteiger partial charge in [0.05, 0.1) is 25.4 Å². The predicted molar refractivity (Wildman–Crippen MR) is 337 cm³/mol. The summed E-state index contributed by atoms with van der Waals surface area (Å²) in [5.74, 6) is -0.169. The number of hydrogen-bond acceptors (Lipinski definition) is 8. The van der Waals surface area contributed by atoms with Crippen molar-refractivity contribution in [3.8, 4) is 0 Å². The Morgan fingerprint density at radius 3 is 1.03 bits per heavy atom. The Morgan fingerprint density at radius 1 is 0.418 bits per heavy atom. The highest BCUT2D eigenvalue weighted by molar-refractivity contribution is 5.76. The lowest BCUT2D eigenvalue weighted by Crippen LogP contribution is -2.60. The zero-order valence-electron chi connectivity index (χ0n) is 52.4. The molecular formula is C70H135NO8. The number of carbonyl (C=O) groups excluding carboxylic acids is 1. The predicted octanol–water partition coefficient (Wildman–Crippen LogP) is 18.9. The summed E-state index contributed by atoms with van der Waals surface area (Å²) in [7, 11) is 0. The number of amides is 1. The number of rotatable bonds is 62. The van der Waals surface area contributed by atoms with E-state index in [0.717, 1.165) is 38.5 Å². The van der Waals surface area contributed by atoms with Crippen molar-refractivity contribution in [2.45, 2.75) is 403 Å². The van der Waals surface area contributed by atoms with Crippen LogP contribution in [0.4, 0.5) is 0 Å². The summed E-state index contributed by atoms with van der Waals surface area (Å²) in [6, 6.07) is -0.804. The summed E-state index contributed by atoms with van der Waals surface area (Å²) in [6.07, 6.45) is 71.4. The number of nitrogens with one attached hydrogen (secondary N) is 1. The molecule has 0 radical (unpaired) electrons. The van der Waals surface area contributed by atoms with Crippen LogP contribution in [0, 0.1) is 0 Å². The molecule has 0 aliphatic carbocycles. The van der Waals surface area contributed by atoms with E-state index in [-0.39, 0.29) is 12.5 Å². The summed E-state index contributed by atoms with van der Waals surface area (Å²) < 4.78 is 11.3. The summed E-state index contributed by atoms with van der Waals surface area (Å²) in [6.45, 7) is 3.84. The van der Waals surface area contributed by atoms with Gasteiger partial charge in [0.25, 0.3) is 0 Å². The Labute approximate surface area is 489 Å². The first-order valence-corrected chi connectivity index (χ1v) is 35.1. The molecule has 468 valence electrons. The van der Waals surface area contributed by atoms with Gasteiger partial charge in [0.15, 0.2) is 6.29 Å². The second-order valence-electron chi connectivity index (χ2n) is 24.7. The molecule has 9 heteroatoms. The number of allylic oxidation sites excluding steroid dienone is 3. The van der Waals surface area contributed by atoms with Crippen molar-refractivity contribution >= 4 is 5.91 Å². The van der Waals surface area contributed by atoms with Gasteiger partial charge in [-0.25, -0.2) is 0 Å². The van der Waals surface area contributed by atoms with E-state index in [9.17, 15) is 30.3 Å². The Hall–Kier alpha value is -1.33. The van der Waals surface area contributed by atoms with Crippen molar-refractivity contribution in [1.29, 1.82) is 0 Å². The minimum absolute atomic E-state index is 0.169. The molecule has 0 aromatic carbocycles. The van der Waals surface area contributed by atoms with E-state index in [1.165, 1.54) is 302 Å². The molecule has 9 nitrogen and oxygen atoms in total. The monoisotopic (exact) mass is 1120 g/mol. The first-order valence-electron chi connectivity index (χ1n) is 35.1. The van der Waals surface area contributed by atoms with Crippen LogP contribution >= 0.6 is 0 Å². The molecule has 0 aromatic heterocycles. The highest BCUT2D eigenvalue weighted by atomic mass is 16.7. The third kappa shape index (κ3) is 48.7. The lowest BCUT2D eigenvalue weighted by Gasteiger charge is -2.40. The quantitative estimate of drug-likeness (QED) is 0.0261. The molecule has 0 aromatic rings. The fourth-order valence-electron chi connectivity index (χ4n) is 11.5. The maximum atomic E-state index is 13.1. The number of unbranched alkanes of at least 4 members (excludes halogenated alkanes) is 50. The van der Waals surface area contributed by atoms with Crippen molar-refractivity contribution in [2.24, 2.45) is 0 Å². The van der Waals surface area contributed by atoms with Crippen LogP contribution in [0.25, 0.3) is 0 Å². The van der Waals surface area contributed by atoms with Crippen LogP contribution in [0.15, 0.2) is 24.3 Å². The lowest BCUT2D eigenvalue weighted by molar-refractivity contribution is -0.302. The van der Waals surface area contributed by atoms with Gasteiger partial charge >= 0.3 is 0 Å². The van der Waals surface area contributed by atoms with Crippen molar-refractivity contribution in [3.05, 3.63) is 24.3 Å². The summed E-state index contributed by atoms with van der Waals surface area (Å²) in [5.41, 5.74) is 0. The molecule has 1 rings (SSSR count). The van der Waals surface area contributed by atoms with E-state index in [1.54, 1.807) is 6.08 Å². The zero-order valence-corrected chi connectivity index (χ0v) is 52.4. The van der Waals surface area contributed by atoms with Crippen molar-refractivity contribution < 1.29 is 39.8 Å². The Balaban J connectivity index is 2.13. The maximum Gasteiger partial charge on any atom is 0.220 e. The average molecular weight is 1120 g/mol. The number of hydrogen-bond donors (Lipinski definition) is 6. The van der Waals surface area contributed by atoms with E-state index < -0.39 is 49.5 Å². The minimum atomic E-state index is -1.57. The second-order valence-corrected chi connectivity index (χ2v) is 24.7. The Morgan fingerprint density at radius 2 is 0.709 bits per heavy atom. The topological polar surface area (TPSA) is 149 Å². The number of aliphatic hydroxyl groups excluding tert-OH is 5. The molecular weight excluding hydrogens is 983 g/mol. The number of carbonyl (C=O) groups is 1. The molecule has 79 heavy (non-hydrogen) atoms. The molecule has 0 saturated carbocycles. The first kappa shape index (κ1) is 75.7. The molecule has 1 amide bonds. The third-order valence-electron chi connectivity index (χ3n) is 17.0. The molecule has 0 bridgehead atoms. The molecule has 1 heterocycles. The van der Waals surface area contributed by atoms with Gasteiger partial charge in [-0.2, -0.15) is 0 Å². The standard InChI is InChI=1S/C70H135NO8/c1-3-5-7-9-11-13-15-17-19-21-23-25-27-29-31-32-34-36-38-40-42-44-46-48-50-52-54-56-58-60-66(74)71-63(62-78-70-69(77)68(76)67(75)65(61-72)79-70)64(73)59-57-55-53-51-49-47-45-43-41-39-37-35-33-30-28-26-24-22-20-18-16-14-12-10-8-6-4-2/h21,23,57,59,63-65,67-70,72-73,75-77H,3-20,22,24-56,58,60-62H2,1-2H3,(H,71,74)/b23-21-,59-57+. The zero-order chi connectivity index (χ0) is 57.2. The van der Waals surface area contributed by atoms with Crippen LogP contribution < -0.4 is 5.32 Å². The first-order chi connectivity index (χ1) is 38.8. The number of aliphatic hydroxyl groups is 5. The molecule has 6 N–H and O–H groups in total. The van der Waals surface area contributed by atoms with Gasteiger partial charge in [-0.3, -0.25) is 4.79 Å². The van der Waals surface area contributed by atoms with E-state index >= 15 is 0 Å². The van der Waals surface area contributed by atoms with Gasteiger partial charge in [-0.1, -0.05) is 334 Å². The van der Waals surface area contributed by atoms with Crippen LogP contribution in [-0.2, 0) is 14.3 Å². The fourth-order valence-corrected chi connectivity index (χ4v) is 11.5. The molecule has 0 spiro atoms. The molecule has 1 fully saturated rings. The van der Waals surface area contributed by atoms with E-state index in [4.69, 9.17) is 9.47 Å². The minimum Gasteiger partial charge on any atom is -0.394 e. The Bertz CT molecular complexity index is 1300. The summed E-state index contributed by atoms with van der Waals surface area (Å²) in [5, 5.41) is 54.8. The fraction of sp³-hybridized carbons (Fsp3) is 0.929. The van der Waals surface area contributed by atoms with Crippen LogP contribution in [0.2, 0.25) is 0 Å². The van der Waals surface area contributed by atoms with Gasteiger partial charge in [-0.15, -0.1) is 0 Å². The van der Waals surface area contributed by atoms with Gasteiger partial charge in [0.1, 0.15) is 24.4 Å². The molecule has 7 atom stereocenters. The third-order valence-corrected chi connectivity index (χ3v) is 17.0. The van der Waals surface area contributed by atoms with E-state index in [2.05, 4.69) is 31.3 Å². The molecule has 1 aliphatic heterocycles. The normalized spacial score (nSPS) is 18.6. The van der Waals surface area contributed by atoms with Crippen molar-refractivity contribution in [1.82, 2.24) is 5.32 Å². The lowest BCUT2D eigenvalue weighted by atomic mass is 9.99. The highest BCUT2D eigenvalue weighted by Crippen LogP contribution is 2.23. The summed E-state index contributed by atoms with van der Waals surface area (Å²) >= 11 is 0. The molecule has 1 aliphatic rings. The largest absolute Gasteiger partial charge is 0.394 e. The van der Waals surface area contributed by atoms with Crippen LogP contribution in [0.5, 0.6) is 0 Å². The SMILES string of the molecule is CCCCCCCCCC/C=C\CCCCCCCCCCCCCCCCCCCC(=O)NC(COC1OC(CO)C(O)C(O)C1O)C(O)/C=C/CCCCCCCCCCCCCCCCCCCCCCCCCCC. The summed E-state index contributed by atoms with van der Waals surface area (Å²) in [4.78, 5) is 13.1. The highest BCUT2D eigenvalue weighted by Gasteiger charge is 2.44. The van der Waals surface area contributed by atoms with E-state index in [1.807, 2.05) is 6.08 Å². The maximum absolute atomic E-state index is 13.1. The van der Waals surface area contributed by atoms with Gasteiger partial charge in [-0.05, 0) is 44.9 Å². The van der Waals surface area contributed by atoms with Crippen molar-refractivity contribution in [3.63, 3.8) is 0 Å². The van der Waals surface area contributed by atoms with Gasteiger partial charge in [0.2, 0.25) is 5.91 Å². The average Bonchev–Trinajstić information content (AvgIpc) is 3.47. The number of ether oxygens (including phenoxy) is 2. The van der Waals surface area contributed by atoms with Gasteiger partial charge in [0, 0.05) is 6.42 Å². The van der Waals surface area contributed by atoms with Crippen LogP contribution in [-0.4, -0.2) is 87.5 Å². The smallest absolute Gasteiger partial charge is 0.220 e. The Kier molecular flexibility index (Phi) is 57.3. The van der Waals surface area contributed by atoms with E-state index in [0.29, 0.717) is 6.42 Å². The van der Waals surface area contributed by atoms with Crippen LogP contribution in [0.3, 0.4) is 0 Å².